The third kappa shape index (κ3) is 3.95. The molecule has 0 amide bonds. The Hall–Kier alpha value is -0.610. The van der Waals surface area contributed by atoms with Crippen molar-refractivity contribution in [3.05, 3.63) is 34.9 Å². The Labute approximate surface area is 114 Å². The molecular formula is C14H21ClN2O. The van der Waals surface area contributed by atoms with Gasteiger partial charge in [-0.3, -0.25) is 4.90 Å². The molecule has 1 heterocycles. The van der Waals surface area contributed by atoms with Crippen molar-refractivity contribution < 1.29 is 4.74 Å². The summed E-state index contributed by atoms with van der Waals surface area (Å²) < 4.78 is 5.75. The Morgan fingerprint density at radius 2 is 2.28 bits per heavy atom. The minimum Gasteiger partial charge on any atom is -0.371 e. The van der Waals surface area contributed by atoms with Crippen LogP contribution in [0, 0.1) is 0 Å². The maximum absolute atomic E-state index is 5.99. The van der Waals surface area contributed by atoms with Gasteiger partial charge in [0.25, 0.3) is 0 Å². The van der Waals surface area contributed by atoms with Crippen LogP contribution in [0.3, 0.4) is 0 Å². The number of ether oxygens (including phenoxy) is 1. The Morgan fingerprint density at radius 1 is 1.44 bits per heavy atom. The van der Waals surface area contributed by atoms with E-state index in [0.29, 0.717) is 6.54 Å². The molecule has 0 spiro atoms. The predicted molar refractivity (Wildman–Crippen MR) is 75.0 cm³/mol. The van der Waals surface area contributed by atoms with Crippen LogP contribution in [0.15, 0.2) is 24.3 Å². The Morgan fingerprint density at radius 3 is 3.00 bits per heavy atom. The smallest absolute Gasteiger partial charge is 0.0828 e. The van der Waals surface area contributed by atoms with E-state index >= 15 is 0 Å². The highest BCUT2D eigenvalue weighted by atomic mass is 35.5. The lowest BCUT2D eigenvalue weighted by atomic mass is 10.1. The molecule has 2 atom stereocenters. The molecule has 3 nitrogen and oxygen atoms in total. The summed E-state index contributed by atoms with van der Waals surface area (Å²) in [5.41, 5.74) is 6.97. The highest BCUT2D eigenvalue weighted by molar-refractivity contribution is 6.30. The first-order valence-corrected chi connectivity index (χ1v) is 6.87. The van der Waals surface area contributed by atoms with E-state index in [1.807, 2.05) is 18.2 Å². The van der Waals surface area contributed by atoms with E-state index in [9.17, 15) is 0 Å². The van der Waals surface area contributed by atoms with Gasteiger partial charge in [0.1, 0.15) is 0 Å². The first kappa shape index (κ1) is 13.8. The first-order chi connectivity index (χ1) is 8.67. The average molecular weight is 269 g/mol. The fourth-order valence-electron chi connectivity index (χ4n) is 2.43. The van der Waals surface area contributed by atoms with Crippen LogP contribution in [0.5, 0.6) is 0 Å². The van der Waals surface area contributed by atoms with Gasteiger partial charge in [0, 0.05) is 31.2 Å². The highest BCUT2D eigenvalue weighted by Gasteiger charge is 2.23. The molecule has 2 unspecified atom stereocenters. The van der Waals surface area contributed by atoms with Gasteiger partial charge in [-0.25, -0.2) is 0 Å². The largest absolute Gasteiger partial charge is 0.371 e. The topological polar surface area (TPSA) is 38.5 Å². The van der Waals surface area contributed by atoms with Crippen LogP contribution < -0.4 is 5.73 Å². The van der Waals surface area contributed by atoms with Crippen molar-refractivity contribution in [1.82, 2.24) is 4.90 Å². The van der Waals surface area contributed by atoms with Crippen LogP contribution in [-0.4, -0.2) is 43.3 Å². The molecule has 1 aliphatic heterocycles. The molecule has 1 saturated heterocycles. The van der Waals surface area contributed by atoms with Gasteiger partial charge in [-0.1, -0.05) is 23.7 Å². The predicted octanol–water partition coefficient (Wildman–Crippen LogP) is 1.93. The summed E-state index contributed by atoms with van der Waals surface area (Å²) in [6.07, 6.45) is 1.46. The number of nitrogens with two attached hydrogens (primary N) is 1. The van der Waals surface area contributed by atoms with Crippen LogP contribution in [0.4, 0.5) is 0 Å². The number of benzene rings is 1. The van der Waals surface area contributed by atoms with E-state index in [0.717, 1.165) is 31.1 Å². The fraction of sp³-hybridized carbons (Fsp3) is 0.571. The summed E-state index contributed by atoms with van der Waals surface area (Å²) in [6, 6.07) is 8.07. The van der Waals surface area contributed by atoms with Crippen molar-refractivity contribution in [2.24, 2.45) is 5.73 Å². The SMILES string of the molecule is CC1CN(CCc2cccc(Cl)c2)CC(CN)O1. The molecule has 0 bridgehead atoms. The molecule has 0 aliphatic carbocycles. The molecule has 18 heavy (non-hydrogen) atoms. The minimum absolute atomic E-state index is 0.174. The number of hydrogen-bond donors (Lipinski definition) is 1. The summed E-state index contributed by atoms with van der Waals surface area (Å²) in [5.74, 6) is 0. The quantitative estimate of drug-likeness (QED) is 0.907. The van der Waals surface area contributed by atoms with Gasteiger partial charge in [-0.15, -0.1) is 0 Å². The molecule has 1 aromatic carbocycles. The number of rotatable bonds is 4. The van der Waals surface area contributed by atoms with Crippen molar-refractivity contribution >= 4 is 11.6 Å². The molecule has 100 valence electrons. The lowest BCUT2D eigenvalue weighted by Gasteiger charge is -2.36. The second kappa shape index (κ2) is 6.53. The van der Waals surface area contributed by atoms with Gasteiger partial charge in [0.2, 0.25) is 0 Å². The van der Waals surface area contributed by atoms with Gasteiger partial charge >= 0.3 is 0 Å². The minimum atomic E-state index is 0.174. The Kier molecular flexibility index (Phi) is 5.01. The zero-order valence-electron chi connectivity index (χ0n) is 10.8. The zero-order valence-corrected chi connectivity index (χ0v) is 11.6. The van der Waals surface area contributed by atoms with Crippen LogP contribution in [-0.2, 0) is 11.2 Å². The molecule has 2 N–H and O–H groups in total. The highest BCUT2D eigenvalue weighted by Crippen LogP contribution is 2.14. The van der Waals surface area contributed by atoms with Gasteiger partial charge in [0.15, 0.2) is 0 Å². The maximum Gasteiger partial charge on any atom is 0.0828 e. The molecule has 0 aromatic heterocycles. The van der Waals surface area contributed by atoms with Crippen LogP contribution >= 0.6 is 11.6 Å². The molecule has 2 rings (SSSR count). The number of halogens is 1. The molecule has 4 heteroatoms. The molecule has 1 aromatic rings. The number of nitrogens with zero attached hydrogens (tertiary/aromatic N) is 1. The lowest BCUT2D eigenvalue weighted by molar-refractivity contribution is -0.0716. The van der Waals surface area contributed by atoms with Crippen LogP contribution in [0.2, 0.25) is 5.02 Å². The van der Waals surface area contributed by atoms with E-state index in [4.69, 9.17) is 22.1 Å². The molecule has 0 saturated carbocycles. The van der Waals surface area contributed by atoms with Gasteiger partial charge in [-0.2, -0.15) is 0 Å². The number of morpholine rings is 1. The zero-order chi connectivity index (χ0) is 13.0. The third-order valence-corrected chi connectivity index (χ3v) is 3.51. The lowest BCUT2D eigenvalue weighted by Crippen LogP contribution is -2.49. The van der Waals surface area contributed by atoms with E-state index in [1.165, 1.54) is 5.56 Å². The Balaban J connectivity index is 1.86. The number of hydrogen-bond acceptors (Lipinski definition) is 3. The van der Waals surface area contributed by atoms with Crippen LogP contribution in [0.1, 0.15) is 12.5 Å². The van der Waals surface area contributed by atoms with Gasteiger partial charge in [0.05, 0.1) is 12.2 Å². The van der Waals surface area contributed by atoms with Crippen molar-refractivity contribution in [3.8, 4) is 0 Å². The van der Waals surface area contributed by atoms with Gasteiger partial charge in [-0.05, 0) is 31.0 Å². The summed E-state index contributed by atoms with van der Waals surface area (Å²) in [7, 11) is 0. The Bertz CT molecular complexity index is 386. The normalized spacial score (nSPS) is 25.3. The summed E-state index contributed by atoms with van der Waals surface area (Å²) in [5, 5.41) is 0.808. The van der Waals surface area contributed by atoms with Crippen molar-refractivity contribution in [2.45, 2.75) is 25.6 Å². The monoisotopic (exact) mass is 268 g/mol. The second-order valence-corrected chi connectivity index (χ2v) is 5.38. The second-order valence-electron chi connectivity index (χ2n) is 4.94. The van der Waals surface area contributed by atoms with E-state index in [2.05, 4.69) is 17.9 Å². The third-order valence-electron chi connectivity index (χ3n) is 3.27. The van der Waals surface area contributed by atoms with Crippen molar-refractivity contribution in [3.63, 3.8) is 0 Å². The van der Waals surface area contributed by atoms with Crippen molar-refractivity contribution in [1.29, 1.82) is 0 Å². The summed E-state index contributed by atoms with van der Waals surface area (Å²) in [4.78, 5) is 2.42. The first-order valence-electron chi connectivity index (χ1n) is 6.49. The van der Waals surface area contributed by atoms with Crippen molar-refractivity contribution in [2.75, 3.05) is 26.2 Å². The standard InChI is InChI=1S/C14H21ClN2O/c1-11-9-17(10-14(8-16)18-11)6-5-12-3-2-4-13(15)7-12/h2-4,7,11,14H,5-6,8-10,16H2,1H3. The van der Waals surface area contributed by atoms with E-state index in [1.54, 1.807) is 0 Å². The summed E-state index contributed by atoms with van der Waals surface area (Å²) >= 11 is 5.99. The maximum atomic E-state index is 5.99. The average Bonchev–Trinajstić information content (AvgIpc) is 2.36. The van der Waals surface area contributed by atoms with Gasteiger partial charge < -0.3 is 10.5 Å². The molecule has 1 aliphatic rings. The molecular weight excluding hydrogens is 248 g/mol. The summed E-state index contributed by atoms with van der Waals surface area (Å²) in [6.45, 7) is 5.65. The van der Waals surface area contributed by atoms with Crippen LogP contribution in [0.25, 0.3) is 0 Å². The van der Waals surface area contributed by atoms with E-state index < -0.39 is 0 Å². The fourth-order valence-corrected chi connectivity index (χ4v) is 2.65. The molecule has 0 radical (unpaired) electrons. The molecule has 1 fully saturated rings. The van der Waals surface area contributed by atoms with E-state index in [-0.39, 0.29) is 12.2 Å².